The molecule has 5 rings (SSSR count). The van der Waals surface area contributed by atoms with Gasteiger partial charge in [0.2, 0.25) is 0 Å². The molecular formula is C24H31N5OS. The third-order valence-electron chi connectivity index (χ3n) is 6.89. The number of aromatic amines is 1. The topological polar surface area (TPSA) is 64.3 Å². The lowest BCUT2D eigenvalue weighted by atomic mass is 9.92. The van der Waals surface area contributed by atoms with Gasteiger partial charge in [-0.1, -0.05) is 42.4 Å². The molecule has 2 aliphatic rings. The maximum Gasteiger partial charge on any atom is 0.263 e. The van der Waals surface area contributed by atoms with E-state index in [9.17, 15) is 4.79 Å². The van der Waals surface area contributed by atoms with Crippen molar-refractivity contribution in [3.8, 4) is 0 Å². The maximum atomic E-state index is 13.2. The molecule has 2 N–H and O–H groups in total. The van der Waals surface area contributed by atoms with E-state index < -0.39 is 0 Å². The quantitative estimate of drug-likeness (QED) is 0.614. The standard InChI is InChI=1S/C24H31N5OS/c1-28-10-12-29(13-11-28)24-26-16-22(31-24)23(30)27-21(17-6-2-3-7-17)14-18-15-25-20-9-5-4-8-19(18)20/h4-5,8-9,15-17,21,25H,2-3,6-7,10-14H2,1H3,(H,27,30). The zero-order chi connectivity index (χ0) is 21.2. The number of rotatable bonds is 6. The summed E-state index contributed by atoms with van der Waals surface area (Å²) >= 11 is 1.52. The highest BCUT2D eigenvalue weighted by Gasteiger charge is 2.28. The lowest BCUT2D eigenvalue weighted by Gasteiger charge is -2.32. The molecule has 7 heteroatoms. The third kappa shape index (κ3) is 4.48. The van der Waals surface area contributed by atoms with Crippen LogP contribution in [-0.4, -0.2) is 60.0 Å². The molecule has 1 aliphatic heterocycles. The molecule has 2 fully saturated rings. The van der Waals surface area contributed by atoms with Gasteiger partial charge in [0.15, 0.2) is 5.13 Å². The predicted octanol–water partition coefficient (Wildman–Crippen LogP) is 3.91. The van der Waals surface area contributed by atoms with Gasteiger partial charge in [-0.3, -0.25) is 4.79 Å². The molecule has 1 aliphatic carbocycles. The van der Waals surface area contributed by atoms with Gasteiger partial charge in [-0.15, -0.1) is 0 Å². The van der Waals surface area contributed by atoms with Gasteiger partial charge in [0.05, 0.1) is 6.20 Å². The summed E-state index contributed by atoms with van der Waals surface area (Å²) in [6.07, 6.45) is 9.65. The average Bonchev–Trinajstić information content (AvgIpc) is 3.55. The van der Waals surface area contributed by atoms with Gasteiger partial charge < -0.3 is 20.1 Å². The fourth-order valence-electron chi connectivity index (χ4n) is 4.99. The molecule has 0 bridgehead atoms. The molecule has 0 radical (unpaired) electrons. The van der Waals surface area contributed by atoms with Gasteiger partial charge in [-0.25, -0.2) is 4.98 Å². The Kier molecular flexibility index (Phi) is 5.96. The summed E-state index contributed by atoms with van der Waals surface area (Å²) in [7, 11) is 2.15. The van der Waals surface area contributed by atoms with E-state index in [0.717, 1.165) is 48.1 Å². The summed E-state index contributed by atoms with van der Waals surface area (Å²) in [4.78, 5) is 26.5. The summed E-state index contributed by atoms with van der Waals surface area (Å²) in [6, 6.07) is 8.57. The minimum Gasteiger partial charge on any atom is -0.361 e. The Labute approximate surface area is 187 Å². The Hall–Kier alpha value is -2.38. The number of thiazole rings is 1. The number of likely N-dealkylation sites (N-methyl/N-ethyl adjacent to an activating group) is 1. The fraction of sp³-hybridized carbons (Fsp3) is 0.500. The van der Waals surface area contributed by atoms with E-state index >= 15 is 0 Å². The Morgan fingerprint density at radius 3 is 2.81 bits per heavy atom. The molecule has 164 valence electrons. The summed E-state index contributed by atoms with van der Waals surface area (Å²) < 4.78 is 0. The van der Waals surface area contributed by atoms with Crippen LogP contribution in [0.2, 0.25) is 0 Å². The predicted molar refractivity (Wildman–Crippen MR) is 127 cm³/mol. The number of aromatic nitrogens is 2. The molecule has 3 heterocycles. The highest BCUT2D eigenvalue weighted by atomic mass is 32.1. The smallest absolute Gasteiger partial charge is 0.263 e. The number of piperazine rings is 1. The van der Waals surface area contributed by atoms with Crippen LogP contribution < -0.4 is 10.2 Å². The third-order valence-corrected chi connectivity index (χ3v) is 7.95. The van der Waals surface area contributed by atoms with Crippen molar-refractivity contribution in [2.75, 3.05) is 38.1 Å². The number of hydrogen-bond acceptors (Lipinski definition) is 5. The zero-order valence-corrected chi connectivity index (χ0v) is 19.0. The number of benzene rings is 1. The minimum absolute atomic E-state index is 0.0228. The van der Waals surface area contributed by atoms with Crippen molar-refractivity contribution in [3.63, 3.8) is 0 Å². The first-order valence-electron chi connectivity index (χ1n) is 11.4. The van der Waals surface area contributed by atoms with E-state index in [4.69, 9.17) is 0 Å². The Morgan fingerprint density at radius 2 is 2.00 bits per heavy atom. The fourth-order valence-corrected chi connectivity index (χ4v) is 5.86. The number of amides is 1. The van der Waals surface area contributed by atoms with Crippen molar-refractivity contribution < 1.29 is 4.79 Å². The number of hydrogen-bond donors (Lipinski definition) is 2. The first-order valence-corrected chi connectivity index (χ1v) is 12.2. The number of H-pyrrole nitrogens is 1. The van der Waals surface area contributed by atoms with Crippen LogP contribution in [0.3, 0.4) is 0 Å². The average molecular weight is 438 g/mol. The summed E-state index contributed by atoms with van der Waals surface area (Å²) in [5.41, 5.74) is 2.45. The van der Waals surface area contributed by atoms with E-state index in [1.165, 1.54) is 48.0 Å². The summed E-state index contributed by atoms with van der Waals surface area (Å²) in [5.74, 6) is 0.567. The van der Waals surface area contributed by atoms with Crippen LogP contribution in [-0.2, 0) is 6.42 Å². The van der Waals surface area contributed by atoms with Crippen molar-refractivity contribution >= 4 is 33.3 Å². The lowest BCUT2D eigenvalue weighted by Crippen LogP contribution is -2.44. The normalized spacial score (nSPS) is 19.2. The zero-order valence-electron chi connectivity index (χ0n) is 18.1. The van der Waals surface area contributed by atoms with Gasteiger partial charge >= 0.3 is 0 Å². The number of carbonyl (C=O) groups excluding carboxylic acids is 1. The van der Waals surface area contributed by atoms with Gasteiger partial charge in [0.1, 0.15) is 4.88 Å². The monoisotopic (exact) mass is 437 g/mol. The molecule has 6 nitrogen and oxygen atoms in total. The van der Waals surface area contributed by atoms with Crippen molar-refractivity contribution in [2.45, 2.75) is 38.1 Å². The number of nitrogens with one attached hydrogen (secondary N) is 2. The molecule has 1 saturated heterocycles. The minimum atomic E-state index is 0.0228. The van der Waals surface area contributed by atoms with Crippen molar-refractivity contribution in [1.29, 1.82) is 0 Å². The number of carbonyl (C=O) groups is 1. The Bertz CT molecular complexity index is 1030. The van der Waals surface area contributed by atoms with Crippen LogP contribution in [0.15, 0.2) is 36.7 Å². The number of para-hydroxylation sites is 1. The van der Waals surface area contributed by atoms with Crippen LogP contribution in [0.25, 0.3) is 10.9 Å². The number of nitrogens with zero attached hydrogens (tertiary/aromatic N) is 3. The van der Waals surface area contributed by atoms with E-state index in [2.05, 4.69) is 62.6 Å². The molecule has 1 aromatic carbocycles. The van der Waals surface area contributed by atoms with E-state index in [1.54, 1.807) is 6.20 Å². The van der Waals surface area contributed by atoms with Crippen LogP contribution in [0, 0.1) is 5.92 Å². The van der Waals surface area contributed by atoms with Gasteiger partial charge in [0.25, 0.3) is 5.91 Å². The van der Waals surface area contributed by atoms with E-state index in [0.29, 0.717) is 5.92 Å². The highest BCUT2D eigenvalue weighted by molar-refractivity contribution is 7.17. The highest BCUT2D eigenvalue weighted by Crippen LogP contribution is 2.31. The van der Waals surface area contributed by atoms with Crippen LogP contribution in [0.4, 0.5) is 5.13 Å². The van der Waals surface area contributed by atoms with Crippen molar-refractivity contribution in [1.82, 2.24) is 20.2 Å². The molecule has 1 atom stereocenters. The second-order valence-electron chi connectivity index (χ2n) is 8.99. The SMILES string of the molecule is CN1CCN(c2ncc(C(=O)NC(Cc3c[nH]c4ccccc34)C3CCCC3)s2)CC1. The van der Waals surface area contributed by atoms with Gasteiger partial charge in [-0.2, -0.15) is 0 Å². The first kappa shape index (κ1) is 20.5. The van der Waals surface area contributed by atoms with Crippen molar-refractivity contribution in [3.05, 3.63) is 47.1 Å². The molecule has 2 aromatic heterocycles. The summed E-state index contributed by atoms with van der Waals surface area (Å²) in [6.45, 7) is 4.01. The lowest BCUT2D eigenvalue weighted by molar-refractivity contribution is 0.0926. The molecule has 1 saturated carbocycles. The second-order valence-corrected chi connectivity index (χ2v) is 9.99. The Balaban J connectivity index is 1.30. The first-order chi connectivity index (χ1) is 15.2. The van der Waals surface area contributed by atoms with Gasteiger partial charge in [-0.05, 0) is 43.9 Å². The molecule has 0 spiro atoms. The van der Waals surface area contributed by atoms with Crippen LogP contribution >= 0.6 is 11.3 Å². The summed E-state index contributed by atoms with van der Waals surface area (Å²) in [5, 5.41) is 5.62. The number of anilines is 1. The second kappa shape index (κ2) is 9.01. The van der Waals surface area contributed by atoms with E-state index in [-0.39, 0.29) is 11.9 Å². The largest absolute Gasteiger partial charge is 0.361 e. The van der Waals surface area contributed by atoms with Crippen LogP contribution in [0.5, 0.6) is 0 Å². The maximum absolute atomic E-state index is 13.2. The molecular weight excluding hydrogens is 406 g/mol. The molecule has 3 aromatic rings. The molecule has 31 heavy (non-hydrogen) atoms. The number of fused-ring (bicyclic) bond motifs is 1. The van der Waals surface area contributed by atoms with Crippen LogP contribution in [0.1, 0.15) is 40.9 Å². The van der Waals surface area contributed by atoms with E-state index in [1.807, 2.05) is 0 Å². The van der Waals surface area contributed by atoms with Crippen molar-refractivity contribution in [2.24, 2.45) is 5.92 Å². The Morgan fingerprint density at radius 1 is 1.23 bits per heavy atom. The van der Waals surface area contributed by atoms with Gasteiger partial charge in [0, 0.05) is 49.3 Å². The molecule has 1 unspecified atom stereocenters. The molecule has 1 amide bonds.